The van der Waals surface area contributed by atoms with Gasteiger partial charge in [0.25, 0.3) is 0 Å². The van der Waals surface area contributed by atoms with Gasteiger partial charge in [-0.3, -0.25) is 0 Å². The third kappa shape index (κ3) is 4.69. The van der Waals surface area contributed by atoms with E-state index in [2.05, 4.69) is 54.2 Å². The van der Waals surface area contributed by atoms with Crippen molar-refractivity contribution >= 4 is 11.3 Å². The van der Waals surface area contributed by atoms with Crippen molar-refractivity contribution in [1.29, 1.82) is 0 Å². The highest BCUT2D eigenvalue weighted by Crippen LogP contribution is 2.18. The highest BCUT2D eigenvalue weighted by molar-refractivity contribution is 7.07. The van der Waals surface area contributed by atoms with Crippen molar-refractivity contribution in [2.24, 2.45) is 0 Å². The Balaban J connectivity index is 1.62. The third-order valence-corrected chi connectivity index (χ3v) is 3.78. The molecule has 0 aliphatic carbocycles. The van der Waals surface area contributed by atoms with Crippen LogP contribution in [0.15, 0.2) is 35.0 Å². The minimum Gasteiger partial charge on any atom is -0.492 e. The molecule has 19 heavy (non-hydrogen) atoms. The lowest BCUT2D eigenvalue weighted by Crippen LogP contribution is -2.23. The van der Waals surface area contributed by atoms with Crippen LogP contribution in [0.4, 0.5) is 0 Å². The molecule has 0 atom stereocenters. The Morgan fingerprint density at radius 3 is 2.84 bits per heavy atom. The van der Waals surface area contributed by atoms with Crippen LogP contribution < -0.4 is 10.1 Å². The molecular weight excluding hydrogens is 254 g/mol. The fraction of sp³-hybridized carbons (Fsp3) is 0.375. The smallest absolute Gasteiger partial charge is 0.122 e. The molecule has 0 spiro atoms. The summed E-state index contributed by atoms with van der Waals surface area (Å²) in [6.07, 6.45) is 1.09. The molecule has 0 unspecified atom stereocenters. The van der Waals surface area contributed by atoms with Crippen LogP contribution in [-0.2, 0) is 6.42 Å². The van der Waals surface area contributed by atoms with Crippen LogP contribution in [-0.4, -0.2) is 19.7 Å². The van der Waals surface area contributed by atoms with Crippen LogP contribution in [0, 0.1) is 13.8 Å². The molecule has 0 aliphatic heterocycles. The van der Waals surface area contributed by atoms with E-state index in [1.165, 1.54) is 16.7 Å². The Hall–Kier alpha value is -1.32. The Bertz CT molecular complexity index is 493. The van der Waals surface area contributed by atoms with Gasteiger partial charge in [-0.25, -0.2) is 0 Å². The monoisotopic (exact) mass is 275 g/mol. The van der Waals surface area contributed by atoms with Gasteiger partial charge < -0.3 is 10.1 Å². The molecule has 1 aromatic heterocycles. The molecule has 3 heteroatoms. The first-order valence-corrected chi connectivity index (χ1v) is 7.62. The second-order valence-corrected chi connectivity index (χ2v) is 5.53. The number of hydrogen-bond donors (Lipinski definition) is 1. The molecule has 0 saturated heterocycles. The average molecular weight is 275 g/mol. The van der Waals surface area contributed by atoms with Crippen LogP contribution in [0.1, 0.15) is 16.7 Å². The molecule has 0 fully saturated rings. The van der Waals surface area contributed by atoms with Crippen molar-refractivity contribution in [3.8, 4) is 5.75 Å². The van der Waals surface area contributed by atoms with E-state index in [0.29, 0.717) is 6.61 Å². The maximum atomic E-state index is 5.79. The highest BCUT2D eigenvalue weighted by atomic mass is 32.1. The van der Waals surface area contributed by atoms with E-state index in [9.17, 15) is 0 Å². The first-order chi connectivity index (χ1) is 9.25. The lowest BCUT2D eigenvalue weighted by molar-refractivity contribution is 0.312. The molecule has 0 bridgehead atoms. The fourth-order valence-electron chi connectivity index (χ4n) is 1.89. The minimum atomic E-state index is 0.716. The van der Waals surface area contributed by atoms with Crippen molar-refractivity contribution < 1.29 is 4.74 Å². The number of rotatable bonds is 7. The molecule has 2 aromatic rings. The molecule has 1 aromatic carbocycles. The molecule has 0 saturated carbocycles. The van der Waals surface area contributed by atoms with Gasteiger partial charge in [0.2, 0.25) is 0 Å². The Morgan fingerprint density at radius 2 is 2.05 bits per heavy atom. The van der Waals surface area contributed by atoms with E-state index in [0.717, 1.165) is 25.3 Å². The fourth-order valence-corrected chi connectivity index (χ4v) is 2.59. The van der Waals surface area contributed by atoms with Crippen LogP contribution in [0.25, 0.3) is 0 Å². The summed E-state index contributed by atoms with van der Waals surface area (Å²) >= 11 is 1.76. The molecule has 102 valence electrons. The van der Waals surface area contributed by atoms with E-state index in [1.807, 2.05) is 0 Å². The average Bonchev–Trinajstić information content (AvgIpc) is 2.90. The predicted octanol–water partition coefficient (Wildman–Crippen LogP) is 3.58. The second-order valence-electron chi connectivity index (χ2n) is 4.75. The number of aryl methyl sites for hydroxylation is 2. The molecule has 2 rings (SSSR count). The second kappa shape index (κ2) is 7.31. The first-order valence-electron chi connectivity index (χ1n) is 6.67. The van der Waals surface area contributed by atoms with Gasteiger partial charge in [-0.15, -0.1) is 0 Å². The number of nitrogens with one attached hydrogen (secondary N) is 1. The van der Waals surface area contributed by atoms with Crippen LogP contribution in [0.5, 0.6) is 5.75 Å². The summed E-state index contributed by atoms with van der Waals surface area (Å²) in [7, 11) is 0. The van der Waals surface area contributed by atoms with Gasteiger partial charge in [-0.1, -0.05) is 12.1 Å². The lowest BCUT2D eigenvalue weighted by Gasteiger charge is -2.10. The van der Waals surface area contributed by atoms with Gasteiger partial charge in [-0.05, 0) is 66.4 Å². The minimum absolute atomic E-state index is 0.716. The zero-order valence-corrected chi connectivity index (χ0v) is 12.4. The largest absolute Gasteiger partial charge is 0.492 e. The summed E-state index contributed by atoms with van der Waals surface area (Å²) in [4.78, 5) is 0. The van der Waals surface area contributed by atoms with Crippen molar-refractivity contribution in [1.82, 2.24) is 5.32 Å². The van der Waals surface area contributed by atoms with Crippen LogP contribution >= 0.6 is 11.3 Å². The van der Waals surface area contributed by atoms with Gasteiger partial charge >= 0.3 is 0 Å². The predicted molar refractivity (Wildman–Crippen MR) is 82.3 cm³/mol. The number of ether oxygens (including phenoxy) is 1. The van der Waals surface area contributed by atoms with E-state index in [-0.39, 0.29) is 0 Å². The van der Waals surface area contributed by atoms with Gasteiger partial charge in [0.05, 0.1) is 0 Å². The van der Waals surface area contributed by atoms with E-state index in [4.69, 9.17) is 4.74 Å². The number of hydrogen-bond acceptors (Lipinski definition) is 3. The standard InChI is InChI=1S/C16H21NOS/c1-13-3-4-14(2)16(11-13)18-9-8-17-7-5-15-6-10-19-12-15/h3-4,6,10-12,17H,5,7-9H2,1-2H3. The molecule has 0 amide bonds. The molecule has 2 nitrogen and oxygen atoms in total. The van der Waals surface area contributed by atoms with Crippen molar-refractivity contribution in [3.05, 3.63) is 51.7 Å². The zero-order chi connectivity index (χ0) is 13.5. The summed E-state index contributed by atoms with van der Waals surface area (Å²) in [5.74, 6) is 1.000. The quantitative estimate of drug-likeness (QED) is 0.780. The maximum Gasteiger partial charge on any atom is 0.122 e. The summed E-state index contributed by atoms with van der Waals surface area (Å²) in [5, 5.41) is 7.73. The van der Waals surface area contributed by atoms with Gasteiger partial charge in [0, 0.05) is 6.54 Å². The lowest BCUT2D eigenvalue weighted by atomic mass is 10.1. The third-order valence-electron chi connectivity index (χ3n) is 3.05. The molecule has 1 heterocycles. The normalized spacial score (nSPS) is 10.6. The van der Waals surface area contributed by atoms with Gasteiger partial charge in [0.1, 0.15) is 12.4 Å². The Morgan fingerprint density at radius 1 is 1.16 bits per heavy atom. The molecule has 0 radical (unpaired) electrons. The summed E-state index contributed by atoms with van der Waals surface area (Å²) < 4.78 is 5.79. The van der Waals surface area contributed by atoms with Crippen molar-refractivity contribution in [2.75, 3.05) is 19.7 Å². The van der Waals surface area contributed by atoms with E-state index >= 15 is 0 Å². The van der Waals surface area contributed by atoms with Crippen LogP contribution in [0.3, 0.4) is 0 Å². The highest BCUT2D eigenvalue weighted by Gasteiger charge is 1.99. The molecule has 0 aliphatic rings. The molecular formula is C16H21NOS. The Labute approximate surface area is 119 Å². The number of benzene rings is 1. The summed E-state index contributed by atoms with van der Waals surface area (Å²) in [6, 6.07) is 8.50. The van der Waals surface area contributed by atoms with Crippen molar-refractivity contribution in [3.63, 3.8) is 0 Å². The van der Waals surface area contributed by atoms with E-state index < -0.39 is 0 Å². The van der Waals surface area contributed by atoms with Crippen molar-refractivity contribution in [2.45, 2.75) is 20.3 Å². The van der Waals surface area contributed by atoms with Crippen LogP contribution in [0.2, 0.25) is 0 Å². The SMILES string of the molecule is Cc1ccc(C)c(OCCNCCc2ccsc2)c1. The Kier molecular flexibility index (Phi) is 5.43. The summed E-state index contributed by atoms with van der Waals surface area (Å²) in [5.41, 5.74) is 3.85. The van der Waals surface area contributed by atoms with Gasteiger partial charge in [-0.2, -0.15) is 11.3 Å². The topological polar surface area (TPSA) is 21.3 Å². The molecule has 1 N–H and O–H groups in total. The van der Waals surface area contributed by atoms with Gasteiger partial charge in [0.15, 0.2) is 0 Å². The van der Waals surface area contributed by atoms with E-state index in [1.54, 1.807) is 11.3 Å². The summed E-state index contributed by atoms with van der Waals surface area (Å²) in [6.45, 7) is 6.78. The maximum absolute atomic E-state index is 5.79. The first kappa shape index (κ1) is 14.1. The number of thiophene rings is 1. The zero-order valence-electron chi connectivity index (χ0n) is 11.6.